The second kappa shape index (κ2) is 9.63. The number of rotatable bonds is 4. The number of hydrogen-bond acceptors (Lipinski definition) is 3. The molecule has 2 heterocycles. The van der Waals surface area contributed by atoms with Crippen molar-refractivity contribution in [2.45, 2.75) is 52.7 Å². The number of nitrogens with one attached hydrogen (secondary N) is 1. The molecule has 0 aliphatic carbocycles. The monoisotopic (exact) mass is 435 g/mol. The van der Waals surface area contributed by atoms with Crippen molar-refractivity contribution in [3.63, 3.8) is 0 Å². The maximum atomic E-state index is 13.4. The van der Waals surface area contributed by atoms with Crippen molar-refractivity contribution in [2.75, 3.05) is 24.5 Å². The Morgan fingerprint density at radius 3 is 2.53 bits per heavy atom. The third-order valence-corrected chi connectivity index (χ3v) is 6.46. The van der Waals surface area contributed by atoms with Gasteiger partial charge in [-0.3, -0.25) is 9.69 Å². The summed E-state index contributed by atoms with van der Waals surface area (Å²) in [5.41, 5.74) is 4.24. The highest BCUT2D eigenvalue weighted by molar-refractivity contribution is 5.94. The van der Waals surface area contributed by atoms with Crippen molar-refractivity contribution in [3.8, 4) is 5.75 Å². The molecule has 0 bridgehead atoms. The van der Waals surface area contributed by atoms with Gasteiger partial charge in [0.1, 0.15) is 11.9 Å². The van der Waals surface area contributed by atoms with Gasteiger partial charge in [-0.2, -0.15) is 0 Å². The van der Waals surface area contributed by atoms with Crippen LogP contribution in [0.2, 0.25) is 0 Å². The largest absolute Gasteiger partial charge is 0.486 e. The Kier molecular flexibility index (Phi) is 6.68. The Hall–Kier alpha value is -3.02. The van der Waals surface area contributed by atoms with E-state index in [1.54, 1.807) is 0 Å². The predicted octanol–water partition coefficient (Wildman–Crippen LogP) is 4.43. The second-order valence-electron chi connectivity index (χ2n) is 8.98. The number of carbonyl (C=O) groups excluding carboxylic acids is 2. The zero-order valence-corrected chi connectivity index (χ0v) is 19.3. The summed E-state index contributed by atoms with van der Waals surface area (Å²) in [6.45, 7) is 8.44. The van der Waals surface area contributed by atoms with E-state index in [1.165, 1.54) is 5.56 Å². The number of likely N-dealkylation sites (tertiary alicyclic amines) is 1. The molecule has 170 valence electrons. The van der Waals surface area contributed by atoms with Gasteiger partial charge >= 0.3 is 6.03 Å². The van der Waals surface area contributed by atoms with Crippen LogP contribution >= 0.6 is 0 Å². The summed E-state index contributed by atoms with van der Waals surface area (Å²) >= 11 is 0. The van der Waals surface area contributed by atoms with Gasteiger partial charge in [0.15, 0.2) is 0 Å². The Balaban J connectivity index is 1.35. The molecule has 3 amide bonds. The standard InChI is InChI=1S/C26H33N3O3/c1-4-22-17-29(23-15-19(3)8-9-24(23)32-22)26(31)28-12-10-21(11-13-28)25(30)27-16-20-7-5-6-18(2)14-20/h5-9,14-15,21-22H,4,10-13,16-17H2,1-3H3,(H,27,30). The minimum atomic E-state index is -0.0496. The second-order valence-corrected chi connectivity index (χ2v) is 8.98. The van der Waals surface area contributed by atoms with Crippen LogP contribution in [-0.2, 0) is 11.3 Å². The number of fused-ring (bicyclic) bond motifs is 1. The van der Waals surface area contributed by atoms with Gasteiger partial charge in [0, 0.05) is 25.6 Å². The molecule has 2 aromatic rings. The summed E-state index contributed by atoms with van der Waals surface area (Å²) < 4.78 is 6.06. The predicted molar refractivity (Wildman–Crippen MR) is 126 cm³/mol. The lowest BCUT2D eigenvalue weighted by molar-refractivity contribution is -0.126. The Labute approximate surface area is 190 Å². The number of aryl methyl sites for hydroxylation is 2. The van der Waals surface area contributed by atoms with Gasteiger partial charge in [0.25, 0.3) is 0 Å². The zero-order valence-electron chi connectivity index (χ0n) is 19.3. The average Bonchev–Trinajstić information content (AvgIpc) is 2.81. The van der Waals surface area contributed by atoms with Crippen LogP contribution in [0.25, 0.3) is 0 Å². The molecule has 0 radical (unpaired) electrons. The van der Waals surface area contributed by atoms with E-state index >= 15 is 0 Å². The van der Waals surface area contributed by atoms with Crippen molar-refractivity contribution in [1.82, 2.24) is 10.2 Å². The first-order valence-electron chi connectivity index (χ1n) is 11.6. The first-order chi connectivity index (χ1) is 15.4. The van der Waals surface area contributed by atoms with Crippen LogP contribution < -0.4 is 15.0 Å². The van der Waals surface area contributed by atoms with Crippen molar-refractivity contribution in [3.05, 3.63) is 59.2 Å². The summed E-state index contributed by atoms with van der Waals surface area (Å²) in [5, 5.41) is 3.07. The van der Waals surface area contributed by atoms with E-state index in [0.29, 0.717) is 39.0 Å². The zero-order chi connectivity index (χ0) is 22.7. The quantitative estimate of drug-likeness (QED) is 0.773. The third-order valence-electron chi connectivity index (χ3n) is 6.46. The van der Waals surface area contributed by atoms with Gasteiger partial charge in [-0.15, -0.1) is 0 Å². The van der Waals surface area contributed by atoms with Crippen LogP contribution in [-0.4, -0.2) is 42.6 Å². The molecular weight excluding hydrogens is 402 g/mol. The third kappa shape index (κ3) is 4.90. The number of ether oxygens (including phenoxy) is 1. The number of urea groups is 1. The molecule has 0 saturated carbocycles. The van der Waals surface area contributed by atoms with Crippen LogP contribution in [0.3, 0.4) is 0 Å². The topological polar surface area (TPSA) is 61.9 Å². The van der Waals surface area contributed by atoms with E-state index < -0.39 is 0 Å². The van der Waals surface area contributed by atoms with Crippen LogP contribution in [0.1, 0.15) is 42.9 Å². The highest BCUT2D eigenvalue weighted by Gasteiger charge is 2.34. The molecule has 6 heteroatoms. The average molecular weight is 436 g/mol. The highest BCUT2D eigenvalue weighted by Crippen LogP contribution is 2.36. The van der Waals surface area contributed by atoms with E-state index in [0.717, 1.165) is 29.0 Å². The molecular formula is C26H33N3O3. The highest BCUT2D eigenvalue weighted by atomic mass is 16.5. The fraction of sp³-hybridized carbons (Fsp3) is 0.462. The minimum Gasteiger partial charge on any atom is -0.486 e. The number of anilines is 1. The van der Waals surface area contributed by atoms with Crippen LogP contribution in [0, 0.1) is 19.8 Å². The summed E-state index contributed by atoms with van der Waals surface area (Å²) in [5.74, 6) is 0.802. The van der Waals surface area contributed by atoms with E-state index in [9.17, 15) is 9.59 Å². The minimum absolute atomic E-state index is 0.000837. The molecule has 1 N–H and O–H groups in total. The summed E-state index contributed by atoms with van der Waals surface area (Å²) in [6, 6.07) is 14.2. The molecule has 6 nitrogen and oxygen atoms in total. The lowest BCUT2D eigenvalue weighted by Gasteiger charge is -2.39. The fourth-order valence-corrected chi connectivity index (χ4v) is 4.51. The number of nitrogens with zero attached hydrogens (tertiary/aromatic N) is 2. The van der Waals surface area contributed by atoms with E-state index in [4.69, 9.17) is 4.74 Å². The molecule has 0 aromatic heterocycles. The van der Waals surface area contributed by atoms with Gasteiger partial charge in [-0.05, 0) is 56.4 Å². The Bertz CT molecular complexity index is 982. The summed E-state index contributed by atoms with van der Waals surface area (Å²) in [6.07, 6.45) is 2.22. The lowest BCUT2D eigenvalue weighted by Crippen LogP contribution is -2.52. The number of piperidine rings is 1. The molecule has 0 spiro atoms. The maximum absolute atomic E-state index is 13.4. The van der Waals surface area contributed by atoms with Gasteiger partial charge in [-0.1, -0.05) is 42.8 Å². The van der Waals surface area contributed by atoms with Gasteiger partial charge < -0.3 is 15.0 Å². The van der Waals surface area contributed by atoms with Crippen molar-refractivity contribution < 1.29 is 14.3 Å². The number of amides is 3. The lowest BCUT2D eigenvalue weighted by atomic mass is 9.96. The molecule has 4 rings (SSSR count). The van der Waals surface area contributed by atoms with E-state index in [1.807, 2.05) is 47.1 Å². The van der Waals surface area contributed by atoms with Crippen molar-refractivity contribution in [2.24, 2.45) is 5.92 Å². The molecule has 1 unspecified atom stereocenters. The Morgan fingerprint density at radius 1 is 1.06 bits per heavy atom. The molecule has 32 heavy (non-hydrogen) atoms. The normalized spacial score (nSPS) is 18.7. The molecule has 2 aliphatic heterocycles. The van der Waals surface area contributed by atoms with Gasteiger partial charge in [-0.25, -0.2) is 4.79 Å². The number of benzene rings is 2. The first kappa shape index (κ1) is 22.2. The molecule has 1 fully saturated rings. The SMILES string of the molecule is CCC1CN(C(=O)N2CCC(C(=O)NCc3cccc(C)c3)CC2)c2cc(C)ccc2O1. The van der Waals surface area contributed by atoms with Crippen LogP contribution in [0.5, 0.6) is 5.75 Å². The summed E-state index contributed by atoms with van der Waals surface area (Å²) in [7, 11) is 0. The Morgan fingerprint density at radius 2 is 1.81 bits per heavy atom. The molecule has 2 aromatic carbocycles. The van der Waals surface area contributed by atoms with Gasteiger partial charge in [0.2, 0.25) is 5.91 Å². The molecule has 1 atom stereocenters. The van der Waals surface area contributed by atoms with Crippen LogP contribution in [0.15, 0.2) is 42.5 Å². The molecule has 1 saturated heterocycles. The maximum Gasteiger partial charge on any atom is 0.324 e. The number of carbonyl (C=O) groups is 2. The first-order valence-corrected chi connectivity index (χ1v) is 11.6. The number of hydrogen-bond donors (Lipinski definition) is 1. The smallest absolute Gasteiger partial charge is 0.324 e. The van der Waals surface area contributed by atoms with Crippen molar-refractivity contribution in [1.29, 1.82) is 0 Å². The van der Waals surface area contributed by atoms with E-state index in [-0.39, 0.29) is 24.0 Å². The van der Waals surface area contributed by atoms with Crippen LogP contribution in [0.4, 0.5) is 10.5 Å². The van der Waals surface area contributed by atoms with Gasteiger partial charge in [0.05, 0.1) is 12.2 Å². The van der Waals surface area contributed by atoms with Crippen molar-refractivity contribution >= 4 is 17.6 Å². The fourth-order valence-electron chi connectivity index (χ4n) is 4.51. The van der Waals surface area contributed by atoms with E-state index in [2.05, 4.69) is 31.3 Å². The summed E-state index contributed by atoms with van der Waals surface area (Å²) in [4.78, 5) is 29.8. The molecule has 2 aliphatic rings.